The zero-order valence-electron chi connectivity index (χ0n) is 11.2. The highest BCUT2D eigenvalue weighted by Crippen LogP contribution is 2.24. The number of amides is 1. The van der Waals surface area contributed by atoms with Crippen molar-refractivity contribution in [3.8, 4) is 5.75 Å². The van der Waals surface area contributed by atoms with Gasteiger partial charge >= 0.3 is 5.97 Å². The number of hydrogen-bond acceptors (Lipinski definition) is 4. The number of carboxylic acid groups (broad SMARTS) is 1. The number of aromatic hydroxyl groups is 1. The Morgan fingerprint density at radius 3 is 2.95 bits per heavy atom. The molecule has 20 heavy (non-hydrogen) atoms. The van der Waals surface area contributed by atoms with Crippen molar-refractivity contribution >= 4 is 11.9 Å². The van der Waals surface area contributed by atoms with Crippen LogP contribution in [0, 0.1) is 5.92 Å². The molecule has 108 valence electrons. The average molecular weight is 278 g/mol. The van der Waals surface area contributed by atoms with Crippen molar-refractivity contribution in [3.05, 3.63) is 24.0 Å². The van der Waals surface area contributed by atoms with E-state index < -0.39 is 5.97 Å². The zero-order chi connectivity index (χ0) is 14.5. The third-order valence-electron chi connectivity index (χ3n) is 3.60. The Balaban J connectivity index is 2.00. The molecule has 1 fully saturated rings. The summed E-state index contributed by atoms with van der Waals surface area (Å²) in [5.74, 6) is -0.928. The first-order valence-corrected chi connectivity index (χ1v) is 6.72. The molecule has 1 aliphatic rings. The largest absolute Gasteiger partial charge is 0.505 e. The minimum Gasteiger partial charge on any atom is -0.505 e. The number of rotatable bonds is 4. The van der Waals surface area contributed by atoms with Crippen LogP contribution in [0.3, 0.4) is 0 Å². The van der Waals surface area contributed by atoms with Crippen molar-refractivity contribution in [2.24, 2.45) is 5.92 Å². The van der Waals surface area contributed by atoms with E-state index in [2.05, 4.69) is 4.98 Å². The number of likely N-dealkylation sites (tertiary alicyclic amines) is 1. The first kappa shape index (κ1) is 14.3. The van der Waals surface area contributed by atoms with Crippen molar-refractivity contribution in [3.63, 3.8) is 0 Å². The first-order chi connectivity index (χ1) is 9.58. The molecular formula is C14H18N2O4. The molecule has 1 unspecified atom stereocenters. The fourth-order valence-corrected chi connectivity index (χ4v) is 2.55. The molecule has 2 heterocycles. The zero-order valence-corrected chi connectivity index (χ0v) is 11.2. The average Bonchev–Trinajstić information content (AvgIpc) is 2.45. The minimum atomic E-state index is -0.805. The lowest BCUT2D eigenvalue weighted by Gasteiger charge is -2.32. The number of hydrogen-bond donors (Lipinski definition) is 2. The molecule has 1 aromatic heterocycles. The number of pyridine rings is 1. The minimum absolute atomic E-state index is 0.120. The Morgan fingerprint density at radius 1 is 1.45 bits per heavy atom. The fourth-order valence-electron chi connectivity index (χ4n) is 2.55. The molecule has 0 aromatic carbocycles. The van der Waals surface area contributed by atoms with Crippen molar-refractivity contribution in [1.82, 2.24) is 9.88 Å². The van der Waals surface area contributed by atoms with Gasteiger partial charge in [0.1, 0.15) is 5.75 Å². The Hall–Kier alpha value is -2.11. The standard InChI is InChI=1S/C14H18N2O4/c17-12-8-15-6-5-11(12)14(20)16-7-1-2-10(9-16)3-4-13(18)19/h5-6,8,10,17H,1-4,7,9H2,(H,18,19). The second-order valence-corrected chi connectivity index (χ2v) is 5.08. The predicted molar refractivity (Wildman–Crippen MR) is 71.4 cm³/mol. The summed E-state index contributed by atoms with van der Waals surface area (Å²) in [5, 5.41) is 18.4. The molecule has 0 aliphatic carbocycles. The summed E-state index contributed by atoms with van der Waals surface area (Å²) in [5.41, 5.74) is 0.249. The summed E-state index contributed by atoms with van der Waals surface area (Å²) in [6.07, 6.45) is 5.24. The Morgan fingerprint density at radius 2 is 2.25 bits per heavy atom. The van der Waals surface area contributed by atoms with E-state index >= 15 is 0 Å². The van der Waals surface area contributed by atoms with E-state index in [0.717, 1.165) is 12.8 Å². The van der Waals surface area contributed by atoms with E-state index in [9.17, 15) is 14.7 Å². The maximum Gasteiger partial charge on any atom is 0.303 e. The Kier molecular flexibility index (Phi) is 4.55. The molecule has 1 saturated heterocycles. The molecule has 0 radical (unpaired) electrons. The number of carbonyl (C=O) groups is 2. The molecule has 2 N–H and O–H groups in total. The molecular weight excluding hydrogens is 260 g/mol. The number of carbonyl (C=O) groups excluding carboxylic acids is 1. The number of aromatic nitrogens is 1. The molecule has 1 amide bonds. The van der Waals surface area contributed by atoms with Crippen LogP contribution in [0.25, 0.3) is 0 Å². The van der Waals surface area contributed by atoms with Gasteiger partial charge in [0.15, 0.2) is 0 Å². The van der Waals surface area contributed by atoms with E-state index in [1.54, 1.807) is 4.90 Å². The summed E-state index contributed by atoms with van der Waals surface area (Å²) >= 11 is 0. The molecule has 0 bridgehead atoms. The van der Waals surface area contributed by atoms with Crippen molar-refractivity contribution in [1.29, 1.82) is 0 Å². The molecule has 1 aromatic rings. The van der Waals surface area contributed by atoms with Gasteiger partial charge in [-0.1, -0.05) is 0 Å². The Bertz CT molecular complexity index is 504. The van der Waals surface area contributed by atoms with Crippen LogP contribution >= 0.6 is 0 Å². The van der Waals surface area contributed by atoms with Gasteiger partial charge in [0.2, 0.25) is 0 Å². The molecule has 6 nitrogen and oxygen atoms in total. The normalized spacial score (nSPS) is 18.8. The van der Waals surface area contributed by atoms with Gasteiger partial charge in [0.25, 0.3) is 5.91 Å². The van der Waals surface area contributed by atoms with Crippen LogP contribution in [0.1, 0.15) is 36.0 Å². The maximum atomic E-state index is 12.3. The highest BCUT2D eigenvalue weighted by atomic mass is 16.4. The fraction of sp³-hybridized carbons (Fsp3) is 0.500. The summed E-state index contributed by atoms with van der Waals surface area (Å²) in [6, 6.07) is 1.50. The first-order valence-electron chi connectivity index (χ1n) is 6.72. The van der Waals surface area contributed by atoms with E-state index in [4.69, 9.17) is 5.11 Å². The van der Waals surface area contributed by atoms with Crippen LogP contribution in [-0.2, 0) is 4.79 Å². The van der Waals surface area contributed by atoms with Gasteiger partial charge in [0.05, 0.1) is 11.8 Å². The van der Waals surface area contributed by atoms with Crippen LogP contribution in [0.15, 0.2) is 18.5 Å². The number of piperidine rings is 1. The van der Waals surface area contributed by atoms with Gasteiger partial charge in [-0.15, -0.1) is 0 Å². The van der Waals surface area contributed by atoms with Crippen molar-refractivity contribution < 1.29 is 19.8 Å². The van der Waals surface area contributed by atoms with Crippen LogP contribution < -0.4 is 0 Å². The second-order valence-electron chi connectivity index (χ2n) is 5.08. The second kappa shape index (κ2) is 6.36. The molecule has 1 atom stereocenters. The smallest absolute Gasteiger partial charge is 0.303 e. The van der Waals surface area contributed by atoms with Gasteiger partial charge in [0, 0.05) is 25.7 Å². The summed E-state index contributed by atoms with van der Waals surface area (Å²) < 4.78 is 0. The Labute approximate surface area is 117 Å². The van der Waals surface area contributed by atoms with Crippen LogP contribution in [0.5, 0.6) is 5.75 Å². The molecule has 6 heteroatoms. The van der Waals surface area contributed by atoms with Crippen LogP contribution in [0.2, 0.25) is 0 Å². The topological polar surface area (TPSA) is 90.7 Å². The summed E-state index contributed by atoms with van der Waals surface area (Å²) in [4.78, 5) is 28.4. The molecule has 1 aliphatic heterocycles. The maximum absolute atomic E-state index is 12.3. The lowest BCUT2D eigenvalue weighted by atomic mass is 9.93. The molecule has 0 saturated carbocycles. The number of nitrogens with zero attached hydrogens (tertiary/aromatic N) is 2. The third-order valence-corrected chi connectivity index (χ3v) is 3.60. The van der Waals surface area contributed by atoms with Gasteiger partial charge < -0.3 is 15.1 Å². The van der Waals surface area contributed by atoms with E-state index in [1.807, 2.05) is 0 Å². The van der Waals surface area contributed by atoms with Crippen LogP contribution in [-0.4, -0.2) is 45.1 Å². The summed E-state index contributed by atoms with van der Waals surface area (Å²) in [7, 11) is 0. The van der Waals surface area contributed by atoms with Gasteiger partial charge in [-0.2, -0.15) is 0 Å². The van der Waals surface area contributed by atoms with Crippen molar-refractivity contribution in [2.45, 2.75) is 25.7 Å². The predicted octanol–water partition coefficient (Wildman–Crippen LogP) is 1.50. The van der Waals surface area contributed by atoms with E-state index in [1.165, 1.54) is 18.5 Å². The summed E-state index contributed by atoms with van der Waals surface area (Å²) in [6.45, 7) is 1.19. The quantitative estimate of drug-likeness (QED) is 0.871. The van der Waals surface area contributed by atoms with Gasteiger partial charge in [-0.25, -0.2) is 0 Å². The van der Waals surface area contributed by atoms with Crippen molar-refractivity contribution in [2.75, 3.05) is 13.1 Å². The lowest BCUT2D eigenvalue weighted by molar-refractivity contribution is -0.137. The SMILES string of the molecule is O=C(O)CCC1CCCN(C(=O)c2ccncc2O)C1. The number of carboxylic acids is 1. The third kappa shape index (κ3) is 3.46. The monoisotopic (exact) mass is 278 g/mol. The molecule has 0 spiro atoms. The van der Waals surface area contributed by atoms with Gasteiger partial charge in [-0.05, 0) is 31.2 Å². The highest BCUT2D eigenvalue weighted by Gasteiger charge is 2.26. The number of aliphatic carboxylic acids is 1. The molecule has 2 rings (SSSR count). The van der Waals surface area contributed by atoms with E-state index in [-0.39, 0.29) is 29.6 Å². The van der Waals surface area contributed by atoms with E-state index in [0.29, 0.717) is 19.5 Å². The van der Waals surface area contributed by atoms with Crippen LogP contribution in [0.4, 0.5) is 0 Å². The lowest BCUT2D eigenvalue weighted by Crippen LogP contribution is -2.40. The van der Waals surface area contributed by atoms with Gasteiger partial charge in [-0.3, -0.25) is 14.6 Å². The highest BCUT2D eigenvalue weighted by molar-refractivity contribution is 5.96.